The Hall–Kier alpha value is -0.570. The highest BCUT2D eigenvalue weighted by Crippen LogP contribution is 1.85. The minimum absolute atomic E-state index is 0.0645. The van der Waals surface area contributed by atoms with Gasteiger partial charge in [-0.25, -0.2) is 0 Å². The highest BCUT2D eigenvalue weighted by molar-refractivity contribution is 5.69. The Labute approximate surface area is 55.1 Å². The first-order valence-electron chi connectivity index (χ1n) is 3.12. The van der Waals surface area contributed by atoms with E-state index >= 15 is 0 Å². The summed E-state index contributed by atoms with van der Waals surface area (Å²) in [5.74, 6) is -0.796. The van der Waals surface area contributed by atoms with Crippen LogP contribution in [0.4, 0.5) is 0 Å². The van der Waals surface area contributed by atoms with Crippen LogP contribution in [0.25, 0.3) is 0 Å². The molecular formula is C6H13NO2. The zero-order chi connectivity index (χ0) is 7.28. The molecule has 1 atom stereocenters. The average Bonchev–Trinajstić information content (AvgIpc) is 1.83. The Morgan fingerprint density at radius 2 is 2.33 bits per heavy atom. The van der Waals surface area contributed by atoms with E-state index in [1.807, 2.05) is 13.8 Å². The summed E-state index contributed by atoms with van der Waals surface area (Å²) in [5, 5.41) is 11.0. The molecule has 1 unspecified atom stereocenters. The van der Waals surface area contributed by atoms with Crippen LogP contribution in [0.5, 0.6) is 0 Å². The Balaban J connectivity index is 3.16. The van der Waals surface area contributed by atoms with Crippen molar-refractivity contribution in [2.24, 2.45) is 0 Å². The van der Waals surface area contributed by atoms with E-state index < -0.39 is 5.97 Å². The van der Waals surface area contributed by atoms with Crippen LogP contribution in [-0.4, -0.2) is 23.7 Å². The number of hydrogen-bond acceptors (Lipinski definition) is 2. The van der Waals surface area contributed by atoms with Crippen LogP contribution in [0.1, 0.15) is 20.3 Å². The smallest absolute Gasteiger partial charge is 0.317 e. The van der Waals surface area contributed by atoms with Crippen LogP contribution in [0.15, 0.2) is 0 Å². The van der Waals surface area contributed by atoms with Gasteiger partial charge in [-0.15, -0.1) is 0 Å². The van der Waals surface area contributed by atoms with E-state index in [9.17, 15) is 4.79 Å². The van der Waals surface area contributed by atoms with Gasteiger partial charge in [-0.1, -0.05) is 6.92 Å². The minimum Gasteiger partial charge on any atom is -0.480 e. The average molecular weight is 131 g/mol. The largest absolute Gasteiger partial charge is 0.480 e. The van der Waals surface area contributed by atoms with Crippen molar-refractivity contribution in [1.29, 1.82) is 0 Å². The molecule has 0 rings (SSSR count). The molecule has 0 aromatic heterocycles. The highest BCUT2D eigenvalue weighted by atomic mass is 16.4. The molecule has 2 N–H and O–H groups in total. The maximum absolute atomic E-state index is 9.96. The normalized spacial score (nSPS) is 13.1. The van der Waals surface area contributed by atoms with Gasteiger partial charge < -0.3 is 10.4 Å². The fraction of sp³-hybridized carbons (Fsp3) is 0.833. The maximum Gasteiger partial charge on any atom is 0.317 e. The zero-order valence-electron chi connectivity index (χ0n) is 5.85. The molecule has 0 aliphatic carbocycles. The number of carboxylic acid groups (broad SMARTS) is 1. The first-order valence-corrected chi connectivity index (χ1v) is 3.12. The number of aliphatic carboxylic acids is 1. The lowest BCUT2D eigenvalue weighted by Crippen LogP contribution is -2.30. The predicted molar refractivity (Wildman–Crippen MR) is 35.4 cm³/mol. The molecular weight excluding hydrogens is 118 g/mol. The van der Waals surface area contributed by atoms with Gasteiger partial charge in [0.25, 0.3) is 0 Å². The van der Waals surface area contributed by atoms with Crippen LogP contribution in [0, 0.1) is 0 Å². The molecule has 0 radical (unpaired) electrons. The van der Waals surface area contributed by atoms with Crippen LogP contribution < -0.4 is 5.32 Å². The third-order valence-electron chi connectivity index (χ3n) is 1.21. The maximum atomic E-state index is 9.96. The first-order chi connectivity index (χ1) is 4.16. The monoisotopic (exact) mass is 131 g/mol. The van der Waals surface area contributed by atoms with E-state index in [0.717, 1.165) is 6.42 Å². The van der Waals surface area contributed by atoms with Crippen molar-refractivity contribution >= 4 is 5.97 Å². The fourth-order valence-electron chi connectivity index (χ4n) is 0.406. The summed E-state index contributed by atoms with van der Waals surface area (Å²) in [6, 6.07) is 0.307. The summed E-state index contributed by atoms with van der Waals surface area (Å²) in [5.41, 5.74) is 0. The molecule has 0 bridgehead atoms. The predicted octanol–water partition coefficient (Wildman–Crippen LogP) is 0.459. The van der Waals surface area contributed by atoms with Crippen molar-refractivity contribution in [1.82, 2.24) is 5.32 Å². The Bertz CT molecular complexity index is 93.1. The summed E-state index contributed by atoms with van der Waals surface area (Å²) >= 11 is 0. The molecule has 0 aliphatic rings. The van der Waals surface area contributed by atoms with E-state index in [-0.39, 0.29) is 6.54 Å². The number of carbonyl (C=O) groups is 1. The number of rotatable bonds is 4. The summed E-state index contributed by atoms with van der Waals surface area (Å²) in [6.07, 6.45) is 0.966. The molecule has 0 aromatic rings. The quantitative estimate of drug-likeness (QED) is 0.582. The third-order valence-corrected chi connectivity index (χ3v) is 1.21. The summed E-state index contributed by atoms with van der Waals surface area (Å²) in [7, 11) is 0. The lowest BCUT2D eigenvalue weighted by molar-refractivity contribution is -0.136. The van der Waals surface area contributed by atoms with Gasteiger partial charge in [0.05, 0.1) is 6.54 Å². The van der Waals surface area contributed by atoms with Gasteiger partial charge in [-0.2, -0.15) is 0 Å². The zero-order valence-corrected chi connectivity index (χ0v) is 5.85. The molecule has 0 heterocycles. The molecule has 3 nitrogen and oxygen atoms in total. The SMILES string of the molecule is CCC(C)NCC(=O)O. The van der Waals surface area contributed by atoms with Gasteiger partial charge in [0.15, 0.2) is 0 Å². The van der Waals surface area contributed by atoms with E-state index in [4.69, 9.17) is 5.11 Å². The second-order valence-electron chi connectivity index (χ2n) is 2.08. The lowest BCUT2D eigenvalue weighted by atomic mass is 10.3. The number of nitrogens with one attached hydrogen (secondary N) is 1. The van der Waals surface area contributed by atoms with E-state index in [2.05, 4.69) is 5.32 Å². The molecule has 0 saturated heterocycles. The molecule has 0 fully saturated rings. The molecule has 0 spiro atoms. The summed E-state index contributed by atoms with van der Waals surface area (Å²) in [6.45, 7) is 4.04. The molecule has 54 valence electrons. The van der Waals surface area contributed by atoms with Crippen molar-refractivity contribution in [2.45, 2.75) is 26.3 Å². The molecule has 0 aromatic carbocycles. The highest BCUT2D eigenvalue weighted by Gasteiger charge is 1.99. The van der Waals surface area contributed by atoms with Gasteiger partial charge in [-0.3, -0.25) is 4.79 Å². The third kappa shape index (κ3) is 5.30. The van der Waals surface area contributed by atoms with Crippen LogP contribution >= 0.6 is 0 Å². The van der Waals surface area contributed by atoms with Gasteiger partial charge in [0.2, 0.25) is 0 Å². The van der Waals surface area contributed by atoms with Crippen molar-refractivity contribution < 1.29 is 9.90 Å². The molecule has 0 saturated carbocycles. The summed E-state index contributed by atoms with van der Waals surface area (Å²) < 4.78 is 0. The van der Waals surface area contributed by atoms with Crippen molar-refractivity contribution in [3.8, 4) is 0 Å². The Morgan fingerprint density at radius 3 is 2.67 bits per heavy atom. The van der Waals surface area contributed by atoms with Crippen molar-refractivity contribution in [2.75, 3.05) is 6.54 Å². The Morgan fingerprint density at radius 1 is 1.78 bits per heavy atom. The number of hydrogen-bond donors (Lipinski definition) is 2. The topological polar surface area (TPSA) is 49.3 Å². The number of carboxylic acids is 1. The molecule has 0 aliphatic heterocycles. The van der Waals surface area contributed by atoms with Gasteiger partial charge in [0, 0.05) is 6.04 Å². The Kier molecular flexibility index (Phi) is 4.05. The minimum atomic E-state index is -0.796. The second kappa shape index (κ2) is 4.32. The van der Waals surface area contributed by atoms with E-state index in [0.29, 0.717) is 6.04 Å². The standard InChI is InChI=1S/C6H13NO2/c1-3-5(2)7-4-6(8)9/h5,7H,3-4H2,1-2H3,(H,8,9). The molecule has 0 amide bonds. The van der Waals surface area contributed by atoms with Gasteiger partial charge in [-0.05, 0) is 13.3 Å². The molecule has 3 heteroatoms. The first kappa shape index (κ1) is 8.43. The van der Waals surface area contributed by atoms with Crippen LogP contribution in [0.3, 0.4) is 0 Å². The van der Waals surface area contributed by atoms with Gasteiger partial charge >= 0.3 is 5.97 Å². The van der Waals surface area contributed by atoms with Crippen LogP contribution in [-0.2, 0) is 4.79 Å². The van der Waals surface area contributed by atoms with Crippen molar-refractivity contribution in [3.63, 3.8) is 0 Å². The van der Waals surface area contributed by atoms with E-state index in [1.165, 1.54) is 0 Å². The molecule has 9 heavy (non-hydrogen) atoms. The fourth-order valence-corrected chi connectivity index (χ4v) is 0.406. The van der Waals surface area contributed by atoms with E-state index in [1.54, 1.807) is 0 Å². The van der Waals surface area contributed by atoms with Crippen LogP contribution in [0.2, 0.25) is 0 Å². The van der Waals surface area contributed by atoms with Gasteiger partial charge in [0.1, 0.15) is 0 Å². The van der Waals surface area contributed by atoms with Crippen molar-refractivity contribution in [3.05, 3.63) is 0 Å². The second-order valence-corrected chi connectivity index (χ2v) is 2.08. The summed E-state index contributed by atoms with van der Waals surface area (Å²) in [4.78, 5) is 9.96. The lowest BCUT2D eigenvalue weighted by Gasteiger charge is -2.07.